The fraction of sp³-hybridized carbons (Fsp3) is 0.714. The Kier molecular flexibility index (Phi) is 2.78. The second kappa shape index (κ2) is 3.64. The average Bonchev–Trinajstić information content (AvgIpc) is 2.36. The molecule has 0 saturated heterocycles. The van der Waals surface area contributed by atoms with Crippen LogP contribution in [0.25, 0.3) is 0 Å². The molecule has 1 atom stereocenters. The van der Waals surface area contributed by atoms with Crippen LogP contribution in [-0.2, 0) is 4.79 Å². The van der Waals surface area contributed by atoms with Gasteiger partial charge < -0.3 is 10.2 Å². The first kappa shape index (κ1) is 9.15. The molecule has 0 radical (unpaired) electrons. The topological polar surface area (TPSA) is 69.9 Å². The van der Waals surface area contributed by atoms with Crippen molar-refractivity contribution in [2.75, 3.05) is 32.8 Å². The van der Waals surface area contributed by atoms with Gasteiger partial charge in [-0.3, -0.25) is 4.48 Å². The highest BCUT2D eigenvalue weighted by Gasteiger charge is 2.31. The molecule has 0 saturated carbocycles. The number of rotatable bonds is 4. The molecule has 1 aliphatic heterocycles. The highest BCUT2D eigenvalue weighted by atomic mass is 16.4. The maximum Gasteiger partial charge on any atom is 0.359 e. The highest BCUT2D eigenvalue weighted by molar-refractivity contribution is 5.69. The van der Waals surface area contributed by atoms with Crippen LogP contribution in [0.5, 0.6) is 0 Å². The van der Waals surface area contributed by atoms with Crippen LogP contribution in [0, 0.1) is 0 Å². The number of aliphatic hydroxyl groups excluding tert-OH is 1. The van der Waals surface area contributed by atoms with Gasteiger partial charge in [0, 0.05) is 0 Å². The predicted octanol–water partition coefficient (Wildman–Crippen LogP) is -1.08. The third kappa shape index (κ3) is 2.02. The van der Waals surface area contributed by atoms with Crippen molar-refractivity contribution in [3.8, 4) is 0 Å². The second-order valence-corrected chi connectivity index (χ2v) is 2.96. The molecular weight excluding hydrogens is 160 g/mol. The lowest BCUT2D eigenvalue weighted by atomic mass is 10.4. The number of hydrogen-bond acceptors (Lipinski definition) is 3. The molecule has 1 heterocycles. The minimum absolute atomic E-state index is 0.000694. The van der Waals surface area contributed by atoms with Gasteiger partial charge in [-0.15, -0.1) is 0 Å². The van der Waals surface area contributed by atoms with Gasteiger partial charge in [-0.1, -0.05) is 0 Å². The van der Waals surface area contributed by atoms with Crippen LogP contribution in [0.3, 0.4) is 0 Å². The summed E-state index contributed by atoms with van der Waals surface area (Å²) in [5, 5.41) is 17.3. The molecule has 5 nitrogen and oxygen atoms in total. The van der Waals surface area contributed by atoms with Gasteiger partial charge in [0.15, 0.2) is 12.9 Å². The summed E-state index contributed by atoms with van der Waals surface area (Å²) in [5.41, 5.74) is 0. The summed E-state index contributed by atoms with van der Waals surface area (Å²) in [6.45, 7) is 1.80. The van der Waals surface area contributed by atoms with Crippen LogP contribution in [0.15, 0.2) is 4.99 Å². The van der Waals surface area contributed by atoms with Gasteiger partial charge in [0.2, 0.25) is 0 Å². The van der Waals surface area contributed by atoms with Gasteiger partial charge >= 0.3 is 5.97 Å². The SMILES string of the molecule is O=C(O)C[N+]1(CCO)C=NCC1. The number of aliphatic carboxylic acids is 1. The molecule has 1 aliphatic rings. The molecule has 0 aromatic carbocycles. The van der Waals surface area contributed by atoms with Crippen molar-refractivity contribution in [1.29, 1.82) is 0 Å². The van der Waals surface area contributed by atoms with Crippen molar-refractivity contribution in [3.05, 3.63) is 0 Å². The summed E-state index contributed by atoms with van der Waals surface area (Å²) in [6, 6.07) is 0. The summed E-state index contributed by atoms with van der Waals surface area (Å²) in [5.74, 6) is -0.850. The molecule has 0 aromatic rings. The Bertz CT molecular complexity index is 205. The lowest BCUT2D eigenvalue weighted by Gasteiger charge is -2.27. The number of aliphatic hydroxyl groups is 1. The summed E-state index contributed by atoms with van der Waals surface area (Å²) in [6.07, 6.45) is 1.63. The van der Waals surface area contributed by atoms with E-state index in [9.17, 15) is 4.79 Å². The van der Waals surface area contributed by atoms with Crippen LogP contribution in [0.1, 0.15) is 0 Å². The van der Waals surface area contributed by atoms with Crippen molar-refractivity contribution >= 4 is 12.3 Å². The van der Waals surface area contributed by atoms with Crippen molar-refractivity contribution < 1.29 is 19.5 Å². The normalized spacial score (nSPS) is 27.8. The van der Waals surface area contributed by atoms with E-state index in [2.05, 4.69) is 4.99 Å². The van der Waals surface area contributed by atoms with Crippen molar-refractivity contribution in [2.24, 2.45) is 4.99 Å². The molecule has 0 aliphatic carbocycles. The van der Waals surface area contributed by atoms with Gasteiger partial charge in [0.1, 0.15) is 13.1 Å². The van der Waals surface area contributed by atoms with Crippen molar-refractivity contribution in [2.45, 2.75) is 0 Å². The van der Waals surface area contributed by atoms with E-state index in [4.69, 9.17) is 10.2 Å². The van der Waals surface area contributed by atoms with Crippen LogP contribution in [0.2, 0.25) is 0 Å². The van der Waals surface area contributed by atoms with Crippen LogP contribution in [0.4, 0.5) is 0 Å². The Morgan fingerprint density at radius 3 is 2.83 bits per heavy atom. The summed E-state index contributed by atoms with van der Waals surface area (Å²) in [7, 11) is 0. The Morgan fingerprint density at radius 2 is 2.42 bits per heavy atom. The maximum atomic E-state index is 10.5. The van der Waals surface area contributed by atoms with Crippen LogP contribution < -0.4 is 0 Å². The van der Waals surface area contributed by atoms with E-state index in [0.29, 0.717) is 19.6 Å². The lowest BCUT2D eigenvalue weighted by molar-refractivity contribution is -0.821. The molecule has 5 heteroatoms. The second-order valence-electron chi connectivity index (χ2n) is 2.96. The van der Waals surface area contributed by atoms with Gasteiger partial charge in [0.05, 0.1) is 13.2 Å². The predicted molar refractivity (Wildman–Crippen MR) is 42.9 cm³/mol. The molecule has 0 amide bonds. The van der Waals surface area contributed by atoms with Crippen LogP contribution in [-0.4, -0.2) is 59.8 Å². The van der Waals surface area contributed by atoms with E-state index < -0.39 is 5.97 Å². The minimum Gasteiger partial charge on any atom is -0.477 e. The smallest absolute Gasteiger partial charge is 0.359 e. The summed E-state index contributed by atoms with van der Waals surface area (Å²) in [4.78, 5) is 14.5. The Hall–Kier alpha value is -0.940. The minimum atomic E-state index is -0.850. The zero-order chi connectivity index (χ0) is 9.03. The van der Waals surface area contributed by atoms with Gasteiger partial charge in [-0.2, -0.15) is 0 Å². The number of carboxylic acid groups (broad SMARTS) is 1. The number of aliphatic imine (C=N–C) groups is 1. The van der Waals surface area contributed by atoms with E-state index in [1.807, 2.05) is 0 Å². The van der Waals surface area contributed by atoms with E-state index >= 15 is 0 Å². The van der Waals surface area contributed by atoms with E-state index in [1.54, 1.807) is 6.34 Å². The Labute approximate surface area is 70.5 Å². The fourth-order valence-corrected chi connectivity index (χ4v) is 1.38. The summed E-state index contributed by atoms with van der Waals surface area (Å²) < 4.78 is 0.284. The van der Waals surface area contributed by atoms with E-state index in [0.717, 1.165) is 0 Å². The average molecular weight is 173 g/mol. The monoisotopic (exact) mass is 173 g/mol. The third-order valence-corrected chi connectivity index (χ3v) is 2.00. The molecular formula is C7H13N2O3+. The molecule has 12 heavy (non-hydrogen) atoms. The lowest BCUT2D eigenvalue weighted by Crippen LogP contribution is -2.50. The molecule has 1 unspecified atom stereocenters. The molecule has 68 valence electrons. The molecule has 1 rings (SSSR count). The fourth-order valence-electron chi connectivity index (χ4n) is 1.38. The Morgan fingerprint density at radius 1 is 1.67 bits per heavy atom. The number of hydrogen-bond donors (Lipinski definition) is 2. The number of carbonyl (C=O) groups is 1. The largest absolute Gasteiger partial charge is 0.477 e. The third-order valence-electron chi connectivity index (χ3n) is 2.00. The Balaban J connectivity index is 2.59. The van der Waals surface area contributed by atoms with Gasteiger partial charge in [-0.25, -0.2) is 9.79 Å². The first-order valence-corrected chi connectivity index (χ1v) is 3.88. The molecule has 0 aromatic heterocycles. The zero-order valence-electron chi connectivity index (χ0n) is 6.81. The quantitative estimate of drug-likeness (QED) is 0.531. The van der Waals surface area contributed by atoms with E-state index in [-0.39, 0.29) is 17.6 Å². The van der Waals surface area contributed by atoms with E-state index in [1.165, 1.54) is 0 Å². The van der Waals surface area contributed by atoms with Gasteiger partial charge in [-0.05, 0) is 0 Å². The van der Waals surface area contributed by atoms with Gasteiger partial charge in [0.25, 0.3) is 0 Å². The maximum absolute atomic E-state index is 10.5. The van der Waals surface area contributed by atoms with Crippen molar-refractivity contribution in [3.63, 3.8) is 0 Å². The molecule has 2 N–H and O–H groups in total. The van der Waals surface area contributed by atoms with Crippen molar-refractivity contribution in [1.82, 2.24) is 0 Å². The molecule has 0 spiro atoms. The highest BCUT2D eigenvalue weighted by Crippen LogP contribution is 2.07. The summed E-state index contributed by atoms with van der Waals surface area (Å²) >= 11 is 0. The first-order valence-electron chi connectivity index (χ1n) is 3.88. The van der Waals surface area contributed by atoms with Crippen LogP contribution >= 0.6 is 0 Å². The number of nitrogens with zero attached hydrogens (tertiary/aromatic N) is 2. The molecule has 0 bridgehead atoms. The zero-order valence-corrected chi connectivity index (χ0v) is 6.81. The first-order chi connectivity index (χ1) is 5.68. The molecule has 0 fully saturated rings. The number of quaternary nitrogens is 1. The standard InChI is InChI=1S/C7H12N2O3/c10-4-3-9(5-7(11)12)2-1-8-6-9/h6,10H,1-5H2/p+1. The number of carboxylic acids is 1.